The minimum atomic E-state index is -2.87. The fourth-order valence-electron chi connectivity index (χ4n) is 2.42. The third kappa shape index (κ3) is 8.38. The number of aliphatic hydroxyl groups excluding tert-OH is 1. The third-order valence-electron chi connectivity index (χ3n) is 3.72. The van der Waals surface area contributed by atoms with Crippen molar-refractivity contribution in [1.82, 2.24) is 20.4 Å². The lowest BCUT2D eigenvalue weighted by molar-refractivity contribution is -0.0498. The van der Waals surface area contributed by atoms with Crippen LogP contribution in [0.25, 0.3) is 0 Å². The SMILES string of the molecule is CCNC(=NCC(O)c1ccc(OC(F)F)cc1)NCCc1cnn(C)c1.I. The average Bonchev–Trinajstić information content (AvgIpc) is 3.04. The highest BCUT2D eigenvalue weighted by Crippen LogP contribution is 2.19. The van der Waals surface area contributed by atoms with E-state index < -0.39 is 12.7 Å². The second kappa shape index (κ2) is 12.5. The molecule has 0 aliphatic rings. The highest BCUT2D eigenvalue weighted by molar-refractivity contribution is 14.0. The van der Waals surface area contributed by atoms with E-state index in [2.05, 4.69) is 25.5 Å². The Morgan fingerprint density at radius 1 is 1.29 bits per heavy atom. The van der Waals surface area contributed by atoms with Gasteiger partial charge in [0.15, 0.2) is 5.96 Å². The molecule has 1 aromatic carbocycles. The number of nitrogens with one attached hydrogen (secondary N) is 2. The minimum absolute atomic E-state index is 0. The zero-order valence-electron chi connectivity index (χ0n) is 15.8. The fraction of sp³-hybridized carbons (Fsp3) is 0.444. The predicted molar refractivity (Wildman–Crippen MR) is 114 cm³/mol. The van der Waals surface area contributed by atoms with Crippen molar-refractivity contribution < 1.29 is 18.6 Å². The lowest BCUT2D eigenvalue weighted by Gasteiger charge is -2.13. The van der Waals surface area contributed by atoms with E-state index in [1.54, 1.807) is 16.8 Å². The van der Waals surface area contributed by atoms with Crippen molar-refractivity contribution in [2.75, 3.05) is 19.6 Å². The highest BCUT2D eigenvalue weighted by Gasteiger charge is 2.09. The number of nitrogens with zero attached hydrogens (tertiary/aromatic N) is 3. The Hall–Kier alpha value is -1.95. The summed E-state index contributed by atoms with van der Waals surface area (Å²) in [4.78, 5) is 4.37. The van der Waals surface area contributed by atoms with E-state index in [0.29, 0.717) is 24.6 Å². The van der Waals surface area contributed by atoms with Crippen LogP contribution in [0.3, 0.4) is 0 Å². The Morgan fingerprint density at radius 2 is 2.00 bits per heavy atom. The number of aryl methyl sites for hydroxylation is 1. The summed E-state index contributed by atoms with van der Waals surface area (Å²) in [5.74, 6) is 0.646. The van der Waals surface area contributed by atoms with Crippen molar-refractivity contribution in [2.24, 2.45) is 12.0 Å². The molecule has 0 aliphatic heterocycles. The Balaban J connectivity index is 0.00000392. The lowest BCUT2D eigenvalue weighted by Crippen LogP contribution is -2.38. The summed E-state index contributed by atoms with van der Waals surface area (Å²) in [5, 5.41) is 20.7. The quantitative estimate of drug-likeness (QED) is 0.275. The molecule has 0 radical (unpaired) electrons. The van der Waals surface area contributed by atoms with Gasteiger partial charge in [-0.05, 0) is 36.6 Å². The molecule has 1 heterocycles. The number of hydrogen-bond donors (Lipinski definition) is 3. The molecule has 0 amide bonds. The van der Waals surface area contributed by atoms with Gasteiger partial charge in [0.25, 0.3) is 0 Å². The van der Waals surface area contributed by atoms with Gasteiger partial charge in [0.1, 0.15) is 5.75 Å². The molecule has 7 nitrogen and oxygen atoms in total. The number of guanidine groups is 1. The maximum Gasteiger partial charge on any atom is 0.387 e. The van der Waals surface area contributed by atoms with Gasteiger partial charge in [-0.25, -0.2) is 0 Å². The Labute approximate surface area is 180 Å². The van der Waals surface area contributed by atoms with Gasteiger partial charge in [-0.15, -0.1) is 24.0 Å². The molecule has 0 fully saturated rings. The smallest absolute Gasteiger partial charge is 0.387 e. The van der Waals surface area contributed by atoms with Gasteiger partial charge in [-0.2, -0.15) is 13.9 Å². The van der Waals surface area contributed by atoms with Gasteiger partial charge in [-0.3, -0.25) is 9.67 Å². The van der Waals surface area contributed by atoms with E-state index in [1.165, 1.54) is 12.1 Å². The molecule has 0 bridgehead atoms. The van der Waals surface area contributed by atoms with E-state index in [0.717, 1.165) is 12.0 Å². The molecule has 1 aromatic heterocycles. The number of benzene rings is 1. The Morgan fingerprint density at radius 3 is 2.57 bits per heavy atom. The second-order valence-electron chi connectivity index (χ2n) is 5.88. The topological polar surface area (TPSA) is 83.7 Å². The van der Waals surface area contributed by atoms with Crippen molar-refractivity contribution in [3.05, 3.63) is 47.8 Å². The van der Waals surface area contributed by atoms with Crippen LogP contribution in [0, 0.1) is 0 Å². The molecule has 3 N–H and O–H groups in total. The third-order valence-corrected chi connectivity index (χ3v) is 3.72. The van der Waals surface area contributed by atoms with Crippen molar-refractivity contribution in [3.8, 4) is 5.75 Å². The zero-order chi connectivity index (χ0) is 19.6. The second-order valence-corrected chi connectivity index (χ2v) is 5.88. The summed E-state index contributed by atoms with van der Waals surface area (Å²) in [6.07, 6.45) is 3.72. The molecule has 2 rings (SSSR count). The van der Waals surface area contributed by atoms with Gasteiger partial charge in [0, 0.05) is 26.3 Å². The maximum atomic E-state index is 12.2. The molecule has 0 aliphatic carbocycles. The molecule has 2 aromatic rings. The van der Waals surface area contributed by atoms with E-state index >= 15 is 0 Å². The predicted octanol–water partition coefficient (Wildman–Crippen LogP) is 2.47. The standard InChI is InChI=1S/C18H25F2N5O2.HI/c1-3-21-18(22-9-8-13-10-24-25(2)12-13)23-11-16(26)14-4-6-15(7-5-14)27-17(19)20;/h4-7,10,12,16-17,26H,3,8-9,11H2,1-2H3,(H2,21,22,23);1H. The van der Waals surface area contributed by atoms with Gasteiger partial charge >= 0.3 is 6.61 Å². The molecule has 156 valence electrons. The number of hydrogen-bond acceptors (Lipinski definition) is 4. The van der Waals surface area contributed by atoms with Crippen LogP contribution in [-0.2, 0) is 13.5 Å². The Bertz CT molecular complexity index is 725. The van der Waals surface area contributed by atoms with Crippen LogP contribution < -0.4 is 15.4 Å². The molecular weight excluding hydrogens is 483 g/mol. The van der Waals surface area contributed by atoms with E-state index in [4.69, 9.17) is 0 Å². The summed E-state index contributed by atoms with van der Waals surface area (Å²) in [5.41, 5.74) is 1.69. The van der Waals surface area contributed by atoms with E-state index in [1.807, 2.05) is 26.4 Å². The number of halogens is 3. The minimum Gasteiger partial charge on any atom is -0.435 e. The first-order chi connectivity index (χ1) is 13.0. The number of aliphatic hydroxyl groups is 1. The van der Waals surface area contributed by atoms with Crippen LogP contribution in [0.5, 0.6) is 5.75 Å². The van der Waals surface area contributed by atoms with Crippen molar-refractivity contribution >= 4 is 29.9 Å². The van der Waals surface area contributed by atoms with Crippen LogP contribution >= 0.6 is 24.0 Å². The van der Waals surface area contributed by atoms with Gasteiger partial charge < -0.3 is 20.5 Å². The molecule has 1 atom stereocenters. The molecule has 0 saturated carbocycles. The Kier molecular flexibility index (Phi) is 10.8. The molecule has 10 heteroatoms. The first-order valence-electron chi connectivity index (χ1n) is 8.70. The van der Waals surface area contributed by atoms with Crippen LogP contribution in [-0.4, -0.2) is 47.1 Å². The molecular formula is C18H26F2IN5O2. The molecule has 0 saturated heterocycles. The van der Waals surface area contributed by atoms with Crippen molar-refractivity contribution in [3.63, 3.8) is 0 Å². The number of alkyl halides is 2. The summed E-state index contributed by atoms with van der Waals surface area (Å²) in [6.45, 7) is 0.584. The molecule has 1 unspecified atom stereocenters. The summed E-state index contributed by atoms with van der Waals surface area (Å²) in [6, 6.07) is 5.87. The zero-order valence-corrected chi connectivity index (χ0v) is 18.1. The molecule has 28 heavy (non-hydrogen) atoms. The van der Waals surface area contributed by atoms with Crippen LogP contribution in [0.4, 0.5) is 8.78 Å². The summed E-state index contributed by atoms with van der Waals surface area (Å²) >= 11 is 0. The molecule has 0 spiro atoms. The summed E-state index contributed by atoms with van der Waals surface area (Å²) < 4.78 is 30.4. The first kappa shape index (κ1) is 24.1. The van der Waals surface area contributed by atoms with Crippen LogP contribution in [0.1, 0.15) is 24.2 Å². The monoisotopic (exact) mass is 509 g/mol. The highest BCUT2D eigenvalue weighted by atomic mass is 127. The van der Waals surface area contributed by atoms with E-state index in [9.17, 15) is 13.9 Å². The lowest BCUT2D eigenvalue weighted by atomic mass is 10.1. The van der Waals surface area contributed by atoms with E-state index in [-0.39, 0.29) is 36.3 Å². The van der Waals surface area contributed by atoms with Gasteiger partial charge in [0.05, 0.1) is 18.8 Å². The van der Waals surface area contributed by atoms with Gasteiger partial charge in [-0.1, -0.05) is 12.1 Å². The van der Waals surface area contributed by atoms with Crippen molar-refractivity contribution in [1.29, 1.82) is 0 Å². The van der Waals surface area contributed by atoms with Crippen molar-refractivity contribution in [2.45, 2.75) is 26.1 Å². The van der Waals surface area contributed by atoms with Gasteiger partial charge in [0.2, 0.25) is 0 Å². The average molecular weight is 509 g/mol. The summed E-state index contributed by atoms with van der Waals surface area (Å²) in [7, 11) is 1.87. The van der Waals surface area contributed by atoms with Crippen LogP contribution in [0.2, 0.25) is 0 Å². The van der Waals surface area contributed by atoms with Crippen LogP contribution in [0.15, 0.2) is 41.7 Å². The number of rotatable bonds is 9. The number of aromatic nitrogens is 2. The fourth-order valence-corrected chi connectivity index (χ4v) is 2.42. The normalized spacial score (nSPS) is 12.4. The number of ether oxygens (including phenoxy) is 1. The number of aliphatic imine (C=N–C) groups is 1. The first-order valence-corrected chi connectivity index (χ1v) is 8.70. The maximum absolute atomic E-state index is 12.2. The largest absolute Gasteiger partial charge is 0.435 e.